The van der Waals surface area contributed by atoms with Crippen LogP contribution in [0.2, 0.25) is 0 Å². The number of aromatic nitrogens is 4. The van der Waals surface area contributed by atoms with Crippen LogP contribution in [0.25, 0.3) is 21.9 Å². The van der Waals surface area contributed by atoms with E-state index in [2.05, 4.69) is 16.1 Å². The van der Waals surface area contributed by atoms with Gasteiger partial charge in [0.05, 0.1) is 11.7 Å². The average Bonchev–Trinajstić information content (AvgIpc) is 3.59. The fraction of sp³-hybridized carbons (Fsp3) is 0.452. The van der Waals surface area contributed by atoms with Crippen LogP contribution >= 0.6 is 0 Å². The summed E-state index contributed by atoms with van der Waals surface area (Å²) in [5.41, 5.74) is 1.15. The number of terminal acetylenes is 1. The van der Waals surface area contributed by atoms with Crippen molar-refractivity contribution in [1.29, 1.82) is 0 Å². The smallest absolute Gasteiger partial charge is 0.320 e. The number of anilines is 1. The Morgan fingerprint density at radius 2 is 1.98 bits per heavy atom. The fourth-order valence-electron chi connectivity index (χ4n) is 6.21. The highest BCUT2D eigenvalue weighted by Gasteiger charge is 2.32. The highest BCUT2D eigenvalue weighted by Crippen LogP contribution is 2.44. The van der Waals surface area contributed by atoms with Crippen molar-refractivity contribution in [3.8, 4) is 35.9 Å². The normalized spacial score (nSPS) is 21.0. The van der Waals surface area contributed by atoms with Crippen LogP contribution in [0.4, 0.5) is 10.2 Å². The van der Waals surface area contributed by atoms with Crippen molar-refractivity contribution < 1.29 is 24.1 Å². The van der Waals surface area contributed by atoms with Crippen LogP contribution in [0, 0.1) is 18.2 Å². The second-order valence-corrected chi connectivity index (χ2v) is 11.4. The molecule has 11 heteroatoms. The molecule has 3 N–H and O–H groups in total. The first-order valence-corrected chi connectivity index (χ1v) is 14.7. The Labute approximate surface area is 242 Å². The Bertz CT molecular complexity index is 1690. The van der Waals surface area contributed by atoms with Crippen molar-refractivity contribution in [2.45, 2.75) is 63.1 Å². The molecule has 1 saturated carbocycles. The van der Waals surface area contributed by atoms with Crippen LogP contribution in [-0.2, 0) is 0 Å². The minimum atomic E-state index is -0.552. The molecule has 2 aromatic heterocycles. The van der Waals surface area contributed by atoms with Gasteiger partial charge in [0, 0.05) is 36.6 Å². The third-order valence-corrected chi connectivity index (χ3v) is 8.55. The van der Waals surface area contributed by atoms with Crippen LogP contribution in [-0.4, -0.2) is 68.1 Å². The largest absolute Gasteiger partial charge is 0.508 e. The number of aliphatic hydroxyl groups is 1. The number of benzene rings is 2. The number of phenolic OH excluding ortho intramolecular Hbond substituents is 1. The molecule has 0 radical (unpaired) electrons. The fourth-order valence-corrected chi connectivity index (χ4v) is 6.21. The maximum absolute atomic E-state index is 14.8. The molecule has 4 heterocycles. The van der Waals surface area contributed by atoms with Gasteiger partial charge in [0.15, 0.2) is 11.5 Å². The molecule has 42 heavy (non-hydrogen) atoms. The van der Waals surface area contributed by atoms with E-state index in [1.807, 2.05) is 4.57 Å². The molecule has 1 unspecified atom stereocenters. The number of aliphatic hydroxyl groups excluding tert-OH is 1. The molecule has 10 nitrogen and oxygen atoms in total. The lowest BCUT2D eigenvalue weighted by molar-refractivity contribution is 0.153. The Balaban J connectivity index is 1.38. The Hall–Kier alpha value is -4.14. The zero-order chi connectivity index (χ0) is 28.8. The molecule has 2 aromatic carbocycles. The molecule has 2 atom stereocenters. The SMILES string of the molecule is C#Cc1c(F)ccc2cc(O)cc(Oc3nc4nc(OC[C@@H]5CCCN5)nc(N5CCCC(O)C5)c4n3C3CCC3)c12. The highest BCUT2D eigenvalue weighted by atomic mass is 19.1. The molecule has 2 aliphatic heterocycles. The van der Waals surface area contributed by atoms with Crippen LogP contribution in [0.3, 0.4) is 0 Å². The Morgan fingerprint density at radius 1 is 1.10 bits per heavy atom. The van der Waals surface area contributed by atoms with Gasteiger partial charge < -0.3 is 29.9 Å². The van der Waals surface area contributed by atoms with E-state index in [0.717, 1.165) is 58.0 Å². The second-order valence-electron chi connectivity index (χ2n) is 11.4. The molecule has 3 aliphatic rings. The summed E-state index contributed by atoms with van der Waals surface area (Å²) in [6.07, 6.45) is 11.8. The van der Waals surface area contributed by atoms with Crippen LogP contribution < -0.4 is 19.7 Å². The zero-order valence-corrected chi connectivity index (χ0v) is 23.2. The number of nitrogens with one attached hydrogen (secondary N) is 1. The number of hydrogen-bond acceptors (Lipinski definition) is 9. The van der Waals surface area contributed by atoms with Gasteiger partial charge in [-0.25, -0.2) is 4.39 Å². The van der Waals surface area contributed by atoms with Gasteiger partial charge in [-0.2, -0.15) is 15.0 Å². The Kier molecular flexibility index (Phi) is 6.96. The maximum Gasteiger partial charge on any atom is 0.320 e. The van der Waals surface area contributed by atoms with E-state index < -0.39 is 11.9 Å². The number of imidazole rings is 1. The summed E-state index contributed by atoms with van der Waals surface area (Å²) in [7, 11) is 0. The summed E-state index contributed by atoms with van der Waals surface area (Å²) in [6.45, 7) is 2.56. The molecule has 4 aromatic rings. The van der Waals surface area contributed by atoms with Crippen LogP contribution in [0.15, 0.2) is 24.3 Å². The highest BCUT2D eigenvalue weighted by molar-refractivity contribution is 5.95. The number of fused-ring (bicyclic) bond motifs is 2. The van der Waals surface area contributed by atoms with Crippen molar-refractivity contribution >= 4 is 27.8 Å². The summed E-state index contributed by atoms with van der Waals surface area (Å²) in [5.74, 6) is 2.67. The molecule has 2 saturated heterocycles. The van der Waals surface area contributed by atoms with E-state index in [0.29, 0.717) is 40.9 Å². The monoisotopic (exact) mass is 572 g/mol. The van der Waals surface area contributed by atoms with Crippen molar-refractivity contribution in [2.75, 3.05) is 31.1 Å². The lowest BCUT2D eigenvalue weighted by Crippen LogP contribution is -2.39. The predicted molar refractivity (Wildman–Crippen MR) is 156 cm³/mol. The van der Waals surface area contributed by atoms with Crippen molar-refractivity contribution in [1.82, 2.24) is 24.8 Å². The lowest BCUT2D eigenvalue weighted by Gasteiger charge is -2.33. The van der Waals surface area contributed by atoms with Gasteiger partial charge in [-0.1, -0.05) is 12.0 Å². The molecule has 218 valence electrons. The summed E-state index contributed by atoms with van der Waals surface area (Å²) in [5, 5.41) is 25.4. The minimum absolute atomic E-state index is 0.0441. The van der Waals surface area contributed by atoms with Gasteiger partial charge in [0.25, 0.3) is 0 Å². The first-order valence-electron chi connectivity index (χ1n) is 14.7. The molecule has 0 bridgehead atoms. The number of hydrogen-bond donors (Lipinski definition) is 3. The summed E-state index contributed by atoms with van der Waals surface area (Å²) < 4.78 is 29.3. The number of halogens is 1. The molecule has 7 rings (SSSR count). The van der Waals surface area contributed by atoms with E-state index in [9.17, 15) is 14.6 Å². The predicted octanol–water partition coefficient (Wildman–Crippen LogP) is 4.41. The van der Waals surface area contributed by atoms with E-state index in [1.165, 1.54) is 18.2 Å². The van der Waals surface area contributed by atoms with E-state index >= 15 is 0 Å². The third kappa shape index (κ3) is 4.84. The topological polar surface area (TPSA) is 118 Å². The molecule has 1 aliphatic carbocycles. The van der Waals surface area contributed by atoms with Crippen molar-refractivity contribution in [3.05, 3.63) is 35.6 Å². The van der Waals surface area contributed by atoms with E-state index in [4.69, 9.17) is 30.8 Å². The number of piperidine rings is 1. The van der Waals surface area contributed by atoms with Crippen LogP contribution in [0.5, 0.6) is 23.5 Å². The van der Waals surface area contributed by atoms with Gasteiger partial charge in [0.2, 0.25) is 0 Å². The van der Waals surface area contributed by atoms with Gasteiger partial charge in [-0.15, -0.1) is 6.42 Å². The lowest BCUT2D eigenvalue weighted by atomic mass is 9.93. The first-order chi connectivity index (χ1) is 20.5. The minimum Gasteiger partial charge on any atom is -0.508 e. The average molecular weight is 573 g/mol. The summed E-state index contributed by atoms with van der Waals surface area (Å²) in [6, 6.07) is 6.56. The maximum atomic E-state index is 14.8. The van der Waals surface area contributed by atoms with E-state index in [1.54, 1.807) is 6.07 Å². The van der Waals surface area contributed by atoms with Gasteiger partial charge in [-0.3, -0.25) is 4.57 Å². The number of ether oxygens (including phenoxy) is 2. The van der Waals surface area contributed by atoms with E-state index in [-0.39, 0.29) is 41.2 Å². The quantitative estimate of drug-likeness (QED) is 0.277. The summed E-state index contributed by atoms with van der Waals surface area (Å²) in [4.78, 5) is 16.4. The number of phenols is 1. The third-order valence-electron chi connectivity index (χ3n) is 8.55. The zero-order valence-electron chi connectivity index (χ0n) is 23.2. The second kappa shape index (κ2) is 10.9. The number of β-amino-alcohol motifs (C(OH)–C–C–N with tert-alkyl or cyclic N) is 1. The number of aromatic hydroxyl groups is 1. The number of nitrogens with zero attached hydrogens (tertiary/aromatic N) is 5. The standard InChI is InChI=1S/C31H33FN6O4/c1-2-23-24(32)11-10-18-14-22(40)15-25(26(18)23)42-31-35-28-27(38(31)20-7-3-8-20)29(37-13-5-9-21(39)16-37)36-30(34-28)41-17-19-6-4-12-33-19/h1,10-11,14-15,19-21,33,39-40H,3-9,12-13,16-17H2/t19-,21?/m0/s1. The van der Waals surface area contributed by atoms with Gasteiger partial charge >= 0.3 is 12.0 Å². The Morgan fingerprint density at radius 3 is 2.71 bits per heavy atom. The molecule has 0 amide bonds. The first kappa shape index (κ1) is 26.7. The van der Waals surface area contributed by atoms with Crippen LogP contribution in [0.1, 0.15) is 56.6 Å². The molecular weight excluding hydrogens is 539 g/mol. The molecular formula is C31H33FN6O4. The molecule has 3 fully saturated rings. The van der Waals surface area contributed by atoms with Crippen molar-refractivity contribution in [2.24, 2.45) is 0 Å². The van der Waals surface area contributed by atoms with Gasteiger partial charge in [-0.05, 0) is 69.0 Å². The van der Waals surface area contributed by atoms with Gasteiger partial charge in [0.1, 0.15) is 29.4 Å². The molecule has 0 spiro atoms. The van der Waals surface area contributed by atoms with Crippen molar-refractivity contribution in [3.63, 3.8) is 0 Å². The summed E-state index contributed by atoms with van der Waals surface area (Å²) >= 11 is 0. The number of rotatable bonds is 7.